The maximum Gasteiger partial charge on any atom is 0.0157 e. The lowest BCUT2D eigenvalue weighted by Crippen LogP contribution is -1.28. The van der Waals surface area contributed by atoms with Crippen molar-refractivity contribution in [3.8, 4) is 0 Å². The third-order valence-corrected chi connectivity index (χ3v) is 0.224. The quantitative estimate of drug-likeness (QED) is 0.475. The molecule has 0 fully saturated rings. The first kappa shape index (κ1) is 4.05. The lowest BCUT2D eigenvalue weighted by Gasteiger charge is -1.58. The number of rotatable bonds is 1. The van der Waals surface area contributed by atoms with Gasteiger partial charge < -0.3 is 4.55 Å². The highest BCUT2D eigenvalue weighted by atomic mass is 32.2. The Labute approximate surface area is 29.5 Å². The lowest BCUT2D eigenvalue weighted by atomic mass is 11.3. The predicted molar refractivity (Wildman–Crippen MR) is 20.4 cm³/mol. The van der Waals surface area contributed by atoms with Crippen LogP contribution in [0.5, 0.6) is 0 Å². The minimum Gasteiger partial charge on any atom is -0.326 e. The minimum absolute atomic E-state index is 0.620. The highest BCUT2D eigenvalue weighted by Gasteiger charge is 1.46. The van der Waals surface area contributed by atoms with E-state index in [-0.39, 0.29) is 0 Å². The summed E-state index contributed by atoms with van der Waals surface area (Å²) in [5.74, 6) is 0. The SMILES string of the molecule is C=CSO. The van der Waals surface area contributed by atoms with Gasteiger partial charge in [0, 0.05) is 12.0 Å². The largest absolute Gasteiger partial charge is 0.326 e. The first-order valence-corrected chi connectivity index (χ1v) is 1.66. The van der Waals surface area contributed by atoms with E-state index >= 15 is 0 Å². The molecule has 0 aliphatic heterocycles. The average molecular weight is 76.1 g/mol. The molecule has 1 N–H and O–H groups in total. The summed E-state index contributed by atoms with van der Waals surface area (Å²) in [6.45, 7) is 3.19. The van der Waals surface area contributed by atoms with Crippen molar-refractivity contribution in [3.63, 3.8) is 0 Å². The number of hydrogen-bond acceptors (Lipinski definition) is 2. The second-order valence-electron chi connectivity index (χ2n) is 0.272. The van der Waals surface area contributed by atoms with E-state index in [1.807, 2.05) is 0 Å². The molecule has 4 heavy (non-hydrogen) atoms. The van der Waals surface area contributed by atoms with Gasteiger partial charge in [-0.25, -0.2) is 0 Å². The smallest absolute Gasteiger partial charge is 0.0157 e. The normalized spacial score (nSPS) is 6.25. The minimum atomic E-state index is 0.620. The Morgan fingerprint density at radius 2 is 2.25 bits per heavy atom. The van der Waals surface area contributed by atoms with Crippen molar-refractivity contribution >= 4 is 12.0 Å². The fraction of sp³-hybridized carbons (Fsp3) is 0. The van der Waals surface area contributed by atoms with Gasteiger partial charge >= 0.3 is 0 Å². The van der Waals surface area contributed by atoms with E-state index in [2.05, 4.69) is 6.58 Å². The van der Waals surface area contributed by atoms with Crippen LogP contribution in [0.15, 0.2) is 12.0 Å². The Hall–Kier alpha value is 0.0500. The summed E-state index contributed by atoms with van der Waals surface area (Å²) in [5, 5.41) is 1.35. The van der Waals surface area contributed by atoms with E-state index in [1.54, 1.807) is 0 Å². The Morgan fingerprint density at radius 3 is 2.25 bits per heavy atom. The Kier molecular flexibility index (Phi) is 3.09. The van der Waals surface area contributed by atoms with Crippen molar-refractivity contribution in [2.75, 3.05) is 0 Å². The standard InChI is InChI=1S/C2H4OS/c1-2-4-3/h2-3H,1H2. The monoisotopic (exact) mass is 76.0 g/mol. The van der Waals surface area contributed by atoms with Crippen LogP contribution in [0.4, 0.5) is 0 Å². The molecule has 1 nitrogen and oxygen atoms in total. The van der Waals surface area contributed by atoms with Crippen molar-refractivity contribution in [1.29, 1.82) is 0 Å². The first-order valence-electron chi connectivity index (χ1n) is 0.827. The van der Waals surface area contributed by atoms with Crippen LogP contribution in [0.25, 0.3) is 0 Å². The molecule has 0 aliphatic rings. The van der Waals surface area contributed by atoms with Gasteiger partial charge in [0.1, 0.15) is 0 Å². The van der Waals surface area contributed by atoms with Gasteiger partial charge in [0.2, 0.25) is 0 Å². The fourth-order valence-corrected chi connectivity index (χ4v) is 0. The molecule has 0 aromatic heterocycles. The van der Waals surface area contributed by atoms with Gasteiger partial charge in [-0.2, -0.15) is 0 Å². The van der Waals surface area contributed by atoms with Crippen LogP contribution in [0.2, 0.25) is 0 Å². The van der Waals surface area contributed by atoms with Crippen LogP contribution in [-0.4, -0.2) is 4.55 Å². The zero-order chi connectivity index (χ0) is 3.41. The lowest BCUT2D eigenvalue weighted by molar-refractivity contribution is 0.671. The zero-order valence-corrected chi connectivity index (χ0v) is 2.96. The Balaban J connectivity index is 2.30. The summed E-state index contributed by atoms with van der Waals surface area (Å²) in [6, 6.07) is 0. The maximum absolute atomic E-state index is 7.67. The van der Waals surface area contributed by atoms with Crippen molar-refractivity contribution in [2.45, 2.75) is 0 Å². The summed E-state index contributed by atoms with van der Waals surface area (Å²) in [7, 11) is 0. The third-order valence-electron chi connectivity index (χ3n) is 0.0745. The average Bonchev–Trinajstić information content (AvgIpc) is 1.37. The molecule has 0 amide bonds. The van der Waals surface area contributed by atoms with Gasteiger partial charge in [-0.3, -0.25) is 0 Å². The first-order chi connectivity index (χ1) is 1.91. The summed E-state index contributed by atoms with van der Waals surface area (Å²) >= 11 is 0.620. The van der Waals surface area contributed by atoms with Gasteiger partial charge in [0.05, 0.1) is 0 Å². The zero-order valence-electron chi connectivity index (χ0n) is 2.14. The number of hydrogen-bond donors (Lipinski definition) is 1. The Bertz CT molecular complexity index is 20.0. The Morgan fingerprint density at radius 1 is 2.00 bits per heavy atom. The molecule has 0 bridgehead atoms. The second kappa shape index (κ2) is 3.05. The summed E-state index contributed by atoms with van der Waals surface area (Å²) < 4.78 is 7.67. The molecule has 0 aromatic rings. The van der Waals surface area contributed by atoms with E-state index in [0.717, 1.165) is 0 Å². The molecule has 0 aliphatic carbocycles. The molecule has 0 heterocycles. The van der Waals surface area contributed by atoms with Crippen molar-refractivity contribution in [1.82, 2.24) is 0 Å². The van der Waals surface area contributed by atoms with Gasteiger partial charge in [-0.05, 0) is 5.41 Å². The second-order valence-corrected chi connectivity index (χ2v) is 0.816. The van der Waals surface area contributed by atoms with E-state index < -0.39 is 0 Å². The van der Waals surface area contributed by atoms with Crippen LogP contribution in [0.3, 0.4) is 0 Å². The van der Waals surface area contributed by atoms with E-state index in [9.17, 15) is 0 Å². The topological polar surface area (TPSA) is 20.2 Å². The van der Waals surface area contributed by atoms with Crippen LogP contribution in [0, 0.1) is 0 Å². The molecule has 24 valence electrons. The van der Waals surface area contributed by atoms with Crippen molar-refractivity contribution in [2.24, 2.45) is 0 Å². The molecule has 0 aromatic carbocycles. The summed E-state index contributed by atoms with van der Waals surface area (Å²) in [5.41, 5.74) is 0. The highest BCUT2D eigenvalue weighted by molar-refractivity contribution is 7.96. The molecule has 0 saturated carbocycles. The molecule has 0 radical (unpaired) electrons. The van der Waals surface area contributed by atoms with Gasteiger partial charge in [0.15, 0.2) is 0 Å². The van der Waals surface area contributed by atoms with Crippen molar-refractivity contribution in [3.05, 3.63) is 12.0 Å². The fourth-order valence-electron chi connectivity index (χ4n) is 0. The molecular formula is C2H4OS. The van der Waals surface area contributed by atoms with Crippen LogP contribution >= 0.6 is 12.0 Å². The van der Waals surface area contributed by atoms with Gasteiger partial charge in [-0.15, -0.1) is 0 Å². The molecule has 0 spiro atoms. The van der Waals surface area contributed by atoms with Gasteiger partial charge in [0.25, 0.3) is 0 Å². The third kappa shape index (κ3) is 2.05. The summed E-state index contributed by atoms with van der Waals surface area (Å²) in [4.78, 5) is 0. The van der Waals surface area contributed by atoms with Crippen molar-refractivity contribution < 1.29 is 4.55 Å². The molecular weight excluding hydrogens is 72.1 g/mol. The predicted octanol–water partition coefficient (Wildman–Crippen LogP) is 1.34. The molecule has 2 heteroatoms. The molecule has 0 unspecified atom stereocenters. The molecule has 0 saturated heterocycles. The van der Waals surface area contributed by atoms with Crippen LogP contribution < -0.4 is 0 Å². The molecule has 0 rings (SSSR count). The highest BCUT2D eigenvalue weighted by Crippen LogP contribution is 1.84. The van der Waals surface area contributed by atoms with E-state index in [4.69, 9.17) is 4.55 Å². The van der Waals surface area contributed by atoms with E-state index in [0.29, 0.717) is 12.0 Å². The maximum atomic E-state index is 7.67. The van der Waals surface area contributed by atoms with Gasteiger partial charge in [-0.1, -0.05) is 6.58 Å². The van der Waals surface area contributed by atoms with Crippen LogP contribution in [-0.2, 0) is 0 Å². The van der Waals surface area contributed by atoms with E-state index in [1.165, 1.54) is 5.41 Å². The van der Waals surface area contributed by atoms with Crippen LogP contribution in [0.1, 0.15) is 0 Å². The molecule has 0 atom stereocenters. The summed E-state index contributed by atoms with van der Waals surface area (Å²) in [6.07, 6.45) is 0.